The molecule has 3 fully saturated rings. The van der Waals surface area contributed by atoms with Crippen molar-refractivity contribution < 1.29 is 9.53 Å². The van der Waals surface area contributed by atoms with E-state index in [0.29, 0.717) is 17.4 Å². The van der Waals surface area contributed by atoms with Gasteiger partial charge in [0.25, 0.3) is 0 Å². The van der Waals surface area contributed by atoms with Gasteiger partial charge in [-0.05, 0) is 56.2 Å². The van der Waals surface area contributed by atoms with Crippen molar-refractivity contribution in [3.63, 3.8) is 0 Å². The van der Waals surface area contributed by atoms with Crippen LogP contribution in [0.25, 0.3) is 6.08 Å². The minimum atomic E-state index is -0.427. The Morgan fingerprint density at radius 2 is 2.08 bits per heavy atom. The lowest BCUT2D eigenvalue weighted by atomic mass is 9.23. The Bertz CT molecular complexity index is 792. The lowest BCUT2D eigenvalue weighted by Crippen LogP contribution is -2.93. The van der Waals surface area contributed by atoms with Crippen molar-refractivity contribution >= 4 is 12.2 Å². The average molecular weight is 337 g/mol. The number of carbonyl (C=O) groups excluding carboxylic acids is 1. The van der Waals surface area contributed by atoms with Gasteiger partial charge in [0.1, 0.15) is 5.60 Å². The summed E-state index contributed by atoms with van der Waals surface area (Å²) in [4.78, 5) is 14.7. The van der Waals surface area contributed by atoms with Gasteiger partial charge in [0, 0.05) is 17.4 Å². The SMILES string of the molecule is C=Cc1ccc2c(c1)C13CCCCC1C1N(C(=O)OC(C)(C)C)CC213. The molecule has 25 heavy (non-hydrogen) atoms. The van der Waals surface area contributed by atoms with E-state index in [9.17, 15) is 4.79 Å². The molecular weight excluding hydrogens is 310 g/mol. The van der Waals surface area contributed by atoms with E-state index < -0.39 is 5.60 Å². The Morgan fingerprint density at radius 1 is 1.28 bits per heavy atom. The van der Waals surface area contributed by atoms with E-state index in [-0.39, 0.29) is 11.5 Å². The summed E-state index contributed by atoms with van der Waals surface area (Å²) in [5.41, 5.74) is 4.37. The van der Waals surface area contributed by atoms with E-state index in [2.05, 4.69) is 24.8 Å². The van der Waals surface area contributed by atoms with Gasteiger partial charge in [0.15, 0.2) is 0 Å². The number of ether oxygens (including phenoxy) is 1. The molecule has 0 bridgehead atoms. The molecule has 0 N–H and O–H groups in total. The van der Waals surface area contributed by atoms with E-state index in [1.165, 1.54) is 36.8 Å². The number of rotatable bonds is 1. The zero-order valence-electron chi connectivity index (χ0n) is 15.5. The van der Waals surface area contributed by atoms with E-state index in [1.807, 2.05) is 31.7 Å². The number of hydrogen-bond donors (Lipinski definition) is 0. The maximum atomic E-state index is 12.7. The number of benzene rings is 1. The number of likely N-dealkylation sites (tertiary alicyclic amines) is 1. The summed E-state index contributed by atoms with van der Waals surface area (Å²) >= 11 is 0. The van der Waals surface area contributed by atoms with Gasteiger partial charge in [0.2, 0.25) is 0 Å². The summed E-state index contributed by atoms with van der Waals surface area (Å²) in [5.74, 6) is 0.607. The molecule has 3 aliphatic carbocycles. The molecule has 3 nitrogen and oxygen atoms in total. The topological polar surface area (TPSA) is 29.5 Å². The maximum absolute atomic E-state index is 12.7. The van der Waals surface area contributed by atoms with Crippen LogP contribution in [0, 0.1) is 5.92 Å². The molecule has 5 rings (SSSR count). The third-order valence-corrected chi connectivity index (χ3v) is 7.28. The Morgan fingerprint density at radius 3 is 2.80 bits per heavy atom. The van der Waals surface area contributed by atoms with Crippen LogP contribution in [0.4, 0.5) is 4.79 Å². The highest BCUT2D eigenvalue weighted by atomic mass is 16.6. The van der Waals surface area contributed by atoms with Gasteiger partial charge < -0.3 is 9.64 Å². The van der Waals surface area contributed by atoms with Crippen LogP contribution in [0.15, 0.2) is 24.8 Å². The molecule has 1 heterocycles. The molecule has 4 aliphatic rings. The number of carbonyl (C=O) groups is 1. The molecule has 2 spiro atoms. The monoisotopic (exact) mass is 337 g/mol. The van der Waals surface area contributed by atoms with Gasteiger partial charge in [-0.25, -0.2) is 4.79 Å². The number of piperidine rings is 1. The summed E-state index contributed by atoms with van der Waals surface area (Å²) in [7, 11) is 0. The smallest absolute Gasteiger partial charge is 0.410 e. The molecule has 4 unspecified atom stereocenters. The third kappa shape index (κ3) is 1.57. The second kappa shape index (κ2) is 4.49. The van der Waals surface area contributed by atoms with Crippen molar-refractivity contribution in [2.24, 2.45) is 5.92 Å². The fraction of sp³-hybridized carbons (Fsp3) is 0.591. The lowest BCUT2D eigenvalue weighted by molar-refractivity contribution is -0.237. The van der Waals surface area contributed by atoms with Gasteiger partial charge >= 0.3 is 6.09 Å². The van der Waals surface area contributed by atoms with Crippen molar-refractivity contribution in [1.29, 1.82) is 0 Å². The van der Waals surface area contributed by atoms with Crippen molar-refractivity contribution in [2.45, 2.75) is 68.9 Å². The summed E-state index contributed by atoms with van der Waals surface area (Å²) in [6, 6.07) is 7.18. The number of nitrogens with zero attached hydrogens (tertiary/aromatic N) is 1. The first-order chi connectivity index (χ1) is 11.8. The minimum Gasteiger partial charge on any atom is -0.444 e. The van der Waals surface area contributed by atoms with Crippen molar-refractivity contribution in [3.8, 4) is 0 Å². The van der Waals surface area contributed by atoms with Crippen LogP contribution in [0.2, 0.25) is 0 Å². The minimum absolute atomic E-state index is 0.126. The molecule has 1 aromatic rings. The van der Waals surface area contributed by atoms with Crippen molar-refractivity contribution in [2.75, 3.05) is 6.54 Å². The molecule has 1 aromatic carbocycles. The first-order valence-electron chi connectivity index (χ1n) is 9.62. The Balaban J connectivity index is 1.52. The fourth-order valence-electron chi connectivity index (χ4n) is 6.61. The van der Waals surface area contributed by atoms with Gasteiger partial charge in [-0.15, -0.1) is 0 Å². The van der Waals surface area contributed by atoms with Gasteiger partial charge in [-0.3, -0.25) is 0 Å². The largest absolute Gasteiger partial charge is 0.444 e. The molecule has 1 aliphatic heterocycles. The van der Waals surface area contributed by atoms with Gasteiger partial charge in [0.05, 0.1) is 6.04 Å². The van der Waals surface area contributed by atoms with Gasteiger partial charge in [-0.2, -0.15) is 0 Å². The van der Waals surface area contributed by atoms with Crippen molar-refractivity contribution in [3.05, 3.63) is 41.5 Å². The molecule has 0 aromatic heterocycles. The predicted octanol–water partition coefficient (Wildman–Crippen LogP) is 4.64. The van der Waals surface area contributed by atoms with E-state index >= 15 is 0 Å². The Hall–Kier alpha value is -1.77. The van der Waals surface area contributed by atoms with Crippen LogP contribution >= 0.6 is 0 Å². The predicted molar refractivity (Wildman–Crippen MR) is 98.6 cm³/mol. The first-order valence-corrected chi connectivity index (χ1v) is 9.62. The van der Waals surface area contributed by atoms with Crippen LogP contribution in [0.5, 0.6) is 0 Å². The van der Waals surface area contributed by atoms with Crippen LogP contribution in [0.1, 0.15) is 63.1 Å². The van der Waals surface area contributed by atoms with E-state index in [4.69, 9.17) is 4.74 Å². The molecule has 1 amide bonds. The maximum Gasteiger partial charge on any atom is 0.410 e. The standard InChI is InChI=1S/C22H27NO2/c1-5-14-9-10-15-17(12-14)21-11-7-6-8-16(21)18-22(15,21)13-23(18)19(24)25-20(2,3)4/h5,9-10,12,16,18H,1,6-8,11,13H2,2-4H3. The zero-order chi connectivity index (χ0) is 17.6. The van der Waals surface area contributed by atoms with Crippen LogP contribution < -0.4 is 0 Å². The number of amides is 1. The van der Waals surface area contributed by atoms with E-state index in [1.54, 1.807) is 5.56 Å². The summed E-state index contributed by atoms with van der Waals surface area (Å²) in [6.45, 7) is 10.6. The second-order valence-corrected chi connectivity index (χ2v) is 9.36. The Labute approximate surface area is 150 Å². The highest BCUT2D eigenvalue weighted by Gasteiger charge is 2.85. The lowest BCUT2D eigenvalue weighted by Gasteiger charge is -2.85. The average Bonchev–Trinajstić information content (AvgIpc) is 2.52. The van der Waals surface area contributed by atoms with E-state index in [0.717, 1.165) is 6.54 Å². The summed E-state index contributed by atoms with van der Waals surface area (Å²) in [5, 5.41) is 0. The quantitative estimate of drug-likeness (QED) is 0.747. The van der Waals surface area contributed by atoms with Crippen molar-refractivity contribution in [1.82, 2.24) is 4.90 Å². The molecule has 3 heteroatoms. The Kier molecular flexibility index (Phi) is 2.78. The molecule has 1 saturated heterocycles. The molecule has 2 saturated carbocycles. The number of fused-ring (bicyclic) bond motifs is 2. The number of hydrogen-bond acceptors (Lipinski definition) is 2. The first kappa shape index (κ1) is 15.5. The fourth-order valence-corrected chi connectivity index (χ4v) is 6.61. The zero-order valence-corrected chi connectivity index (χ0v) is 15.5. The second-order valence-electron chi connectivity index (χ2n) is 9.36. The highest BCUT2D eigenvalue weighted by Crippen LogP contribution is 2.80. The van der Waals surface area contributed by atoms with Crippen LogP contribution in [-0.4, -0.2) is 29.2 Å². The molecule has 4 atom stereocenters. The van der Waals surface area contributed by atoms with Gasteiger partial charge in [-0.1, -0.05) is 43.7 Å². The third-order valence-electron chi connectivity index (χ3n) is 7.28. The highest BCUT2D eigenvalue weighted by molar-refractivity contribution is 5.78. The van der Waals surface area contributed by atoms with Crippen LogP contribution in [-0.2, 0) is 15.6 Å². The summed E-state index contributed by atoms with van der Waals surface area (Å²) < 4.78 is 5.67. The molecule has 0 radical (unpaired) electrons. The molecule has 132 valence electrons. The summed E-state index contributed by atoms with van der Waals surface area (Å²) in [6.07, 6.45) is 6.95. The van der Waals surface area contributed by atoms with Crippen LogP contribution in [0.3, 0.4) is 0 Å². The normalized spacial score (nSPS) is 37.2. The molecular formula is C22H27NO2.